The first-order valence-corrected chi connectivity index (χ1v) is 2.21. The van der Waals surface area contributed by atoms with E-state index in [1.54, 1.807) is 0 Å². The van der Waals surface area contributed by atoms with Gasteiger partial charge in [0.25, 0.3) is 0 Å². The first-order chi connectivity index (χ1) is 4.18. The van der Waals surface area contributed by atoms with Crippen LogP contribution in [0, 0.1) is 0 Å². The van der Waals surface area contributed by atoms with Gasteiger partial charge in [0.15, 0.2) is 0 Å². The van der Waals surface area contributed by atoms with Crippen LogP contribution in [-0.2, 0) is 0 Å². The molecule has 0 aromatic rings. The molecule has 1 fully saturated rings. The molecule has 1 nitrogen and oxygen atoms in total. The minimum atomic E-state index is -0.385. The molecule has 0 amide bonds. The van der Waals surface area contributed by atoms with Crippen LogP contribution in [0.5, 0.6) is 0 Å². The minimum absolute atomic E-state index is 0.198. The van der Waals surface area contributed by atoms with Crippen molar-refractivity contribution in [2.24, 2.45) is 0 Å². The van der Waals surface area contributed by atoms with Gasteiger partial charge in [-0.3, -0.25) is 0 Å². The summed E-state index contributed by atoms with van der Waals surface area (Å²) in [6.45, 7) is -0.771. The number of nitrogens with one attached hydrogen (secondary N) is 1. The lowest BCUT2D eigenvalue weighted by Gasteiger charge is -2.08. The Hall–Kier alpha value is -0.0400. The highest BCUT2D eigenvalue weighted by Gasteiger charge is 1.93. The lowest BCUT2D eigenvalue weighted by atomic mass is 10.2. The molecule has 0 aliphatic carbocycles. The second-order valence-electron chi connectivity index (χ2n) is 1.33. The molecule has 0 saturated carbocycles. The molecule has 1 saturated heterocycles. The van der Waals surface area contributed by atoms with Crippen molar-refractivity contribution >= 4 is 0 Å². The Morgan fingerprint density at radius 3 is 2.50 bits per heavy atom. The fourth-order valence-electron chi connectivity index (χ4n) is 0.482. The van der Waals surface area contributed by atoms with E-state index in [9.17, 15) is 0 Å². The van der Waals surface area contributed by atoms with E-state index in [0.29, 0.717) is 12.8 Å². The smallest absolute Gasteiger partial charge is 0.0428 e. The van der Waals surface area contributed by atoms with E-state index in [1.165, 1.54) is 0 Å². The van der Waals surface area contributed by atoms with E-state index < -0.39 is 0 Å². The molecule has 1 aliphatic heterocycles. The van der Waals surface area contributed by atoms with Gasteiger partial charge in [0, 0.05) is 4.11 Å². The molecule has 0 bridgehead atoms. The van der Waals surface area contributed by atoms with Crippen LogP contribution >= 0.6 is 0 Å². The molecule has 1 rings (SSSR count). The molecule has 0 aromatic heterocycles. The van der Waals surface area contributed by atoms with Gasteiger partial charge in [-0.1, -0.05) is 6.40 Å². The van der Waals surface area contributed by atoms with Crippen LogP contribution in [0.3, 0.4) is 0 Å². The second-order valence-corrected chi connectivity index (χ2v) is 1.33. The third-order valence-corrected chi connectivity index (χ3v) is 0.805. The molecule has 6 heavy (non-hydrogen) atoms. The highest BCUT2D eigenvalue weighted by molar-refractivity contribution is 4.55. The second kappa shape index (κ2) is 2.19. The minimum Gasteiger partial charge on any atom is -0.317 e. The quantitative estimate of drug-likeness (QED) is 0.461. The van der Waals surface area contributed by atoms with Gasteiger partial charge >= 0.3 is 0 Å². The molecule has 1 N–H and O–H groups in total. The van der Waals surface area contributed by atoms with Crippen molar-refractivity contribution in [3.8, 4) is 0 Å². The monoisotopic (exact) mass is 88.1 g/mol. The van der Waals surface area contributed by atoms with Crippen molar-refractivity contribution in [2.75, 3.05) is 13.0 Å². The highest BCUT2D eigenvalue weighted by Crippen LogP contribution is 1.96. The molecule has 0 spiro atoms. The van der Waals surface area contributed by atoms with Gasteiger partial charge in [0.1, 0.15) is 0 Å². The maximum atomic E-state index is 7.25. The van der Waals surface area contributed by atoms with Gasteiger partial charge < -0.3 is 5.32 Å². The molecule has 1 aliphatic rings. The molecule has 1 heteroatoms. The van der Waals surface area contributed by atoms with Crippen LogP contribution in [0.25, 0.3) is 0 Å². The topological polar surface area (TPSA) is 12.0 Å². The molecule has 0 aromatic carbocycles. The summed E-state index contributed by atoms with van der Waals surface area (Å²) >= 11 is 0. The number of hydrogen-bond acceptors (Lipinski definition) is 1. The van der Waals surface area contributed by atoms with E-state index in [4.69, 9.17) is 4.11 Å². The Labute approximate surface area is 43.0 Å². The summed E-state index contributed by atoms with van der Waals surface area (Å²) in [6, 6.07) is 0. The van der Waals surface area contributed by atoms with Gasteiger partial charge in [-0.05, 0) is 25.9 Å². The standard InChI is InChI=1S/C5H11N/c1-2-4-6-5-3-1/h6H,1-5H2/i1D,4D,5D. The van der Waals surface area contributed by atoms with Crippen LogP contribution in [-0.4, -0.2) is 13.0 Å². The van der Waals surface area contributed by atoms with E-state index in [2.05, 4.69) is 5.32 Å². The lowest BCUT2D eigenvalue weighted by molar-refractivity contribution is 0.520. The Kier molecular flexibility index (Phi) is 0.667. The summed E-state index contributed by atoms with van der Waals surface area (Å²) < 4.78 is 21.6. The zero-order valence-electron chi connectivity index (χ0n) is 6.65. The van der Waals surface area contributed by atoms with Crippen molar-refractivity contribution < 1.29 is 4.11 Å². The van der Waals surface area contributed by atoms with E-state index >= 15 is 0 Å². The summed E-state index contributed by atoms with van der Waals surface area (Å²) in [5.74, 6) is 0. The number of rotatable bonds is 0. The lowest BCUT2D eigenvalue weighted by Crippen LogP contribution is -2.21. The van der Waals surface area contributed by atoms with Crippen molar-refractivity contribution in [3.63, 3.8) is 0 Å². The largest absolute Gasteiger partial charge is 0.317 e. The summed E-state index contributed by atoms with van der Waals surface area (Å²) in [5.41, 5.74) is 0. The predicted molar refractivity (Wildman–Crippen MR) is 26.7 cm³/mol. The molecular formula is C5H11N. The Morgan fingerprint density at radius 2 is 2.00 bits per heavy atom. The van der Waals surface area contributed by atoms with Crippen molar-refractivity contribution in [3.05, 3.63) is 0 Å². The van der Waals surface area contributed by atoms with E-state index in [0.717, 1.165) is 0 Å². The van der Waals surface area contributed by atoms with E-state index in [1.807, 2.05) is 0 Å². The maximum absolute atomic E-state index is 7.25. The highest BCUT2D eigenvalue weighted by atomic mass is 14.9. The van der Waals surface area contributed by atoms with Crippen molar-refractivity contribution in [1.82, 2.24) is 5.32 Å². The Morgan fingerprint density at radius 1 is 1.33 bits per heavy atom. The normalized spacial score (nSPS) is 68.0. The molecular weight excluding hydrogens is 74.1 g/mol. The summed E-state index contributed by atoms with van der Waals surface area (Å²) in [5, 5.41) is 2.72. The number of piperidine rings is 1. The van der Waals surface area contributed by atoms with Crippen LogP contribution in [0.2, 0.25) is 0 Å². The molecule has 2 unspecified atom stereocenters. The van der Waals surface area contributed by atoms with Crippen LogP contribution in [0.15, 0.2) is 0 Å². The van der Waals surface area contributed by atoms with Crippen LogP contribution < -0.4 is 5.32 Å². The molecule has 36 valence electrons. The predicted octanol–water partition coefficient (Wildman–Crippen LogP) is 0.760. The number of hydrogen-bond donors (Lipinski definition) is 1. The summed E-state index contributed by atoms with van der Waals surface area (Å²) in [6.07, 6.45) is 0.932. The van der Waals surface area contributed by atoms with Crippen LogP contribution in [0.4, 0.5) is 0 Å². The molecule has 0 radical (unpaired) electrons. The van der Waals surface area contributed by atoms with Gasteiger partial charge in [-0.2, -0.15) is 0 Å². The zero-order valence-corrected chi connectivity index (χ0v) is 3.65. The summed E-state index contributed by atoms with van der Waals surface area (Å²) in [4.78, 5) is 0. The summed E-state index contributed by atoms with van der Waals surface area (Å²) in [7, 11) is 0. The molecule has 1 heterocycles. The fourth-order valence-corrected chi connectivity index (χ4v) is 0.482. The first kappa shape index (κ1) is 1.83. The average molecular weight is 88.2 g/mol. The van der Waals surface area contributed by atoms with Crippen molar-refractivity contribution in [1.29, 1.82) is 0 Å². The third kappa shape index (κ3) is 0.977. The van der Waals surface area contributed by atoms with Crippen molar-refractivity contribution in [2.45, 2.75) is 19.2 Å². The zero-order chi connectivity index (χ0) is 6.85. The van der Waals surface area contributed by atoms with Crippen LogP contribution in [0.1, 0.15) is 23.4 Å². The molecule has 2 atom stereocenters. The van der Waals surface area contributed by atoms with Gasteiger partial charge in [0.2, 0.25) is 0 Å². The maximum Gasteiger partial charge on any atom is 0.0428 e. The van der Waals surface area contributed by atoms with E-state index in [-0.39, 0.29) is 19.4 Å². The Bertz CT molecular complexity index is 73.2. The fraction of sp³-hybridized carbons (Fsp3) is 1.00. The van der Waals surface area contributed by atoms with Gasteiger partial charge in [-0.25, -0.2) is 0 Å². The third-order valence-electron chi connectivity index (χ3n) is 0.805. The first-order valence-electron chi connectivity index (χ1n) is 3.94. The van der Waals surface area contributed by atoms with Gasteiger partial charge in [-0.15, -0.1) is 0 Å². The average Bonchev–Trinajstić information content (AvgIpc) is 1.59. The van der Waals surface area contributed by atoms with Gasteiger partial charge in [0.05, 0.1) is 0 Å². The Balaban J connectivity index is 2.34. The SMILES string of the molecule is [2H]C1CC([2H])NC([2H])C1.